The lowest BCUT2D eigenvalue weighted by Crippen LogP contribution is -2.28. The van der Waals surface area contributed by atoms with Crippen LogP contribution in [0.1, 0.15) is 22.3 Å². The van der Waals surface area contributed by atoms with E-state index in [2.05, 4.69) is 22.2 Å². The topological polar surface area (TPSA) is 61.6 Å². The zero-order valence-electron chi connectivity index (χ0n) is 15.0. The predicted molar refractivity (Wildman–Crippen MR) is 104 cm³/mol. The van der Waals surface area contributed by atoms with Gasteiger partial charge in [0.2, 0.25) is 0 Å². The highest BCUT2D eigenvalue weighted by Gasteiger charge is 2.14. The molecule has 3 rings (SSSR count). The van der Waals surface area contributed by atoms with E-state index in [0.717, 1.165) is 38.2 Å². The van der Waals surface area contributed by atoms with E-state index in [1.807, 2.05) is 43.3 Å². The number of nitrogen functional groups attached to an aromatic ring is 1. The van der Waals surface area contributed by atoms with Crippen LogP contribution in [0.25, 0.3) is 0 Å². The number of likely N-dealkylation sites (N-methyl/N-ethyl adjacent to an activating group) is 1. The number of benzene rings is 2. The Morgan fingerprint density at radius 2 is 1.80 bits per heavy atom. The number of amides is 1. The molecule has 0 spiro atoms. The first-order valence-corrected chi connectivity index (χ1v) is 8.74. The van der Waals surface area contributed by atoms with Crippen molar-refractivity contribution in [1.29, 1.82) is 0 Å². The second-order valence-electron chi connectivity index (χ2n) is 6.68. The average Bonchev–Trinajstić information content (AvgIpc) is 2.83. The van der Waals surface area contributed by atoms with Gasteiger partial charge in [0.25, 0.3) is 5.91 Å². The minimum Gasteiger partial charge on any atom is -0.397 e. The number of rotatable bonds is 3. The van der Waals surface area contributed by atoms with Gasteiger partial charge in [0.1, 0.15) is 0 Å². The van der Waals surface area contributed by atoms with Crippen LogP contribution in [0, 0.1) is 6.92 Å². The smallest absolute Gasteiger partial charge is 0.255 e. The molecule has 132 valence electrons. The minimum atomic E-state index is -0.136. The molecule has 0 bridgehead atoms. The van der Waals surface area contributed by atoms with Crippen LogP contribution >= 0.6 is 0 Å². The molecular weight excluding hydrogens is 312 g/mol. The van der Waals surface area contributed by atoms with Crippen molar-refractivity contribution in [2.45, 2.75) is 13.3 Å². The fourth-order valence-electron chi connectivity index (χ4n) is 3.18. The largest absolute Gasteiger partial charge is 0.397 e. The van der Waals surface area contributed by atoms with Crippen LogP contribution in [0.2, 0.25) is 0 Å². The number of nitrogens with zero attached hydrogens (tertiary/aromatic N) is 2. The van der Waals surface area contributed by atoms with Gasteiger partial charge in [-0.05, 0) is 62.8 Å². The summed E-state index contributed by atoms with van der Waals surface area (Å²) in [4.78, 5) is 17.3. The van der Waals surface area contributed by atoms with Crippen molar-refractivity contribution in [2.24, 2.45) is 0 Å². The molecule has 5 heteroatoms. The molecule has 25 heavy (non-hydrogen) atoms. The molecule has 1 aliphatic rings. The molecule has 2 aromatic carbocycles. The zero-order valence-corrected chi connectivity index (χ0v) is 15.0. The maximum atomic E-state index is 12.5. The summed E-state index contributed by atoms with van der Waals surface area (Å²) in [7, 11) is 2.16. The summed E-state index contributed by atoms with van der Waals surface area (Å²) in [6, 6.07) is 13.4. The summed E-state index contributed by atoms with van der Waals surface area (Å²) < 4.78 is 0. The average molecular weight is 338 g/mol. The summed E-state index contributed by atoms with van der Waals surface area (Å²) in [5, 5.41) is 2.93. The molecule has 1 aliphatic heterocycles. The lowest BCUT2D eigenvalue weighted by molar-refractivity contribution is 0.102. The second-order valence-corrected chi connectivity index (χ2v) is 6.68. The van der Waals surface area contributed by atoms with Gasteiger partial charge in [-0.15, -0.1) is 0 Å². The second kappa shape index (κ2) is 7.57. The lowest BCUT2D eigenvalue weighted by Gasteiger charge is -2.23. The van der Waals surface area contributed by atoms with Crippen molar-refractivity contribution >= 4 is 23.0 Å². The maximum absolute atomic E-state index is 12.5. The first-order chi connectivity index (χ1) is 12.0. The Kier molecular flexibility index (Phi) is 5.24. The van der Waals surface area contributed by atoms with Crippen molar-refractivity contribution < 1.29 is 4.79 Å². The highest BCUT2D eigenvalue weighted by atomic mass is 16.1. The fraction of sp³-hybridized carbons (Fsp3) is 0.350. The van der Waals surface area contributed by atoms with E-state index in [1.165, 1.54) is 5.69 Å². The minimum absolute atomic E-state index is 0.136. The summed E-state index contributed by atoms with van der Waals surface area (Å²) in [6.45, 7) is 6.20. The Hall–Kier alpha value is -2.53. The number of anilines is 3. The normalized spacial score (nSPS) is 15.7. The van der Waals surface area contributed by atoms with Crippen molar-refractivity contribution in [1.82, 2.24) is 4.90 Å². The maximum Gasteiger partial charge on any atom is 0.255 e. The van der Waals surface area contributed by atoms with Crippen LogP contribution in [0.3, 0.4) is 0 Å². The van der Waals surface area contributed by atoms with Gasteiger partial charge in [-0.1, -0.05) is 12.1 Å². The summed E-state index contributed by atoms with van der Waals surface area (Å²) >= 11 is 0. The number of hydrogen-bond acceptors (Lipinski definition) is 4. The van der Waals surface area contributed by atoms with Gasteiger partial charge in [0.05, 0.1) is 11.4 Å². The molecule has 5 nitrogen and oxygen atoms in total. The Balaban J connectivity index is 1.70. The SMILES string of the molecule is Cc1cccc(N)c1NC(=O)c1ccc(N2CCCN(C)CC2)cc1. The van der Waals surface area contributed by atoms with E-state index < -0.39 is 0 Å². The molecule has 3 N–H and O–H groups in total. The van der Waals surface area contributed by atoms with Crippen LogP contribution in [0.4, 0.5) is 17.1 Å². The number of carbonyl (C=O) groups is 1. The quantitative estimate of drug-likeness (QED) is 0.845. The number of carbonyl (C=O) groups excluding carboxylic acids is 1. The molecule has 1 heterocycles. The Morgan fingerprint density at radius 3 is 2.52 bits per heavy atom. The van der Waals surface area contributed by atoms with E-state index in [4.69, 9.17) is 5.73 Å². The van der Waals surface area contributed by atoms with Gasteiger partial charge in [-0.2, -0.15) is 0 Å². The molecule has 0 aliphatic carbocycles. The van der Waals surface area contributed by atoms with Crippen LogP contribution in [0.15, 0.2) is 42.5 Å². The van der Waals surface area contributed by atoms with E-state index in [1.54, 1.807) is 6.07 Å². The molecule has 0 saturated carbocycles. The molecule has 0 unspecified atom stereocenters. The van der Waals surface area contributed by atoms with Gasteiger partial charge in [0, 0.05) is 30.9 Å². The standard InChI is InChI=1S/C20H26N4O/c1-15-5-3-6-18(21)19(15)22-20(25)16-7-9-17(10-8-16)24-12-4-11-23(2)13-14-24/h3,5-10H,4,11-14,21H2,1-2H3,(H,22,25). The molecular formula is C20H26N4O. The summed E-state index contributed by atoms with van der Waals surface area (Å²) in [6.07, 6.45) is 1.16. The van der Waals surface area contributed by atoms with E-state index in [0.29, 0.717) is 16.9 Å². The number of nitrogens with one attached hydrogen (secondary N) is 1. The third kappa shape index (κ3) is 4.12. The van der Waals surface area contributed by atoms with Crippen molar-refractivity contribution in [3.8, 4) is 0 Å². The molecule has 0 radical (unpaired) electrons. The van der Waals surface area contributed by atoms with E-state index in [9.17, 15) is 4.79 Å². The summed E-state index contributed by atoms with van der Waals surface area (Å²) in [5.74, 6) is -0.136. The van der Waals surface area contributed by atoms with Crippen molar-refractivity contribution in [2.75, 3.05) is 49.2 Å². The molecule has 0 aromatic heterocycles. The number of para-hydroxylation sites is 1. The van der Waals surface area contributed by atoms with Gasteiger partial charge >= 0.3 is 0 Å². The zero-order chi connectivity index (χ0) is 17.8. The van der Waals surface area contributed by atoms with Crippen LogP contribution < -0.4 is 16.0 Å². The molecule has 2 aromatic rings. The van der Waals surface area contributed by atoms with Crippen LogP contribution in [0.5, 0.6) is 0 Å². The Morgan fingerprint density at radius 1 is 1.04 bits per heavy atom. The molecule has 1 fully saturated rings. The van der Waals surface area contributed by atoms with E-state index >= 15 is 0 Å². The van der Waals surface area contributed by atoms with E-state index in [-0.39, 0.29) is 5.91 Å². The molecule has 1 saturated heterocycles. The van der Waals surface area contributed by atoms with Crippen LogP contribution in [-0.2, 0) is 0 Å². The molecule has 1 amide bonds. The predicted octanol–water partition coefficient (Wildman–Crippen LogP) is 2.97. The first-order valence-electron chi connectivity index (χ1n) is 8.74. The third-order valence-electron chi connectivity index (χ3n) is 4.76. The van der Waals surface area contributed by atoms with Gasteiger partial charge in [-0.25, -0.2) is 0 Å². The van der Waals surface area contributed by atoms with Gasteiger partial charge in [0.15, 0.2) is 0 Å². The summed E-state index contributed by atoms with van der Waals surface area (Å²) in [5.41, 5.74) is 10.0. The van der Waals surface area contributed by atoms with Gasteiger partial charge < -0.3 is 20.9 Å². The number of hydrogen-bond donors (Lipinski definition) is 2. The van der Waals surface area contributed by atoms with Crippen molar-refractivity contribution in [3.63, 3.8) is 0 Å². The van der Waals surface area contributed by atoms with Crippen LogP contribution in [-0.4, -0.2) is 44.0 Å². The van der Waals surface area contributed by atoms with Gasteiger partial charge in [-0.3, -0.25) is 4.79 Å². The first kappa shape index (κ1) is 17.3. The Bertz CT molecular complexity index is 722. The lowest BCUT2D eigenvalue weighted by atomic mass is 10.1. The van der Waals surface area contributed by atoms with Crippen molar-refractivity contribution in [3.05, 3.63) is 53.6 Å². The number of aryl methyl sites for hydroxylation is 1. The fourth-order valence-corrected chi connectivity index (χ4v) is 3.18. The highest BCUT2D eigenvalue weighted by molar-refractivity contribution is 6.06. The molecule has 0 atom stereocenters. The monoisotopic (exact) mass is 338 g/mol. The Labute approximate surface area is 149 Å². The highest BCUT2D eigenvalue weighted by Crippen LogP contribution is 2.24. The number of nitrogens with two attached hydrogens (primary N) is 1. The third-order valence-corrected chi connectivity index (χ3v) is 4.76.